The molecule has 2 N–H and O–H groups in total. The SMILES string of the molecule is CCCCCCCCCCCC(C)OC(=O)CN. The molecule has 3 heteroatoms. The Hall–Kier alpha value is -0.570. The van der Waals surface area contributed by atoms with Gasteiger partial charge in [-0.1, -0.05) is 58.3 Å². The molecule has 0 aromatic rings. The van der Waals surface area contributed by atoms with Gasteiger partial charge < -0.3 is 10.5 Å². The van der Waals surface area contributed by atoms with Crippen LogP contribution in [0, 0.1) is 0 Å². The van der Waals surface area contributed by atoms with Gasteiger partial charge in [0.2, 0.25) is 0 Å². The van der Waals surface area contributed by atoms with Crippen LogP contribution in [0.15, 0.2) is 0 Å². The molecular weight excluding hydrogens is 226 g/mol. The van der Waals surface area contributed by atoms with E-state index in [2.05, 4.69) is 6.92 Å². The average molecular weight is 257 g/mol. The van der Waals surface area contributed by atoms with Crippen molar-refractivity contribution >= 4 is 5.97 Å². The van der Waals surface area contributed by atoms with Crippen LogP contribution in [0.5, 0.6) is 0 Å². The highest BCUT2D eigenvalue weighted by atomic mass is 16.5. The summed E-state index contributed by atoms with van der Waals surface area (Å²) in [7, 11) is 0. The Morgan fingerprint density at radius 2 is 1.50 bits per heavy atom. The van der Waals surface area contributed by atoms with Gasteiger partial charge in [-0.3, -0.25) is 4.79 Å². The predicted molar refractivity (Wildman–Crippen MR) is 76.5 cm³/mol. The Morgan fingerprint density at radius 3 is 2.00 bits per heavy atom. The molecule has 0 saturated heterocycles. The Bertz CT molecular complexity index is 195. The van der Waals surface area contributed by atoms with Gasteiger partial charge in [-0.2, -0.15) is 0 Å². The van der Waals surface area contributed by atoms with E-state index in [0.29, 0.717) is 0 Å². The second-order valence-corrected chi connectivity index (χ2v) is 5.12. The standard InChI is InChI=1S/C15H31NO2/c1-3-4-5-6-7-8-9-10-11-12-14(2)18-15(17)13-16/h14H,3-13,16H2,1-2H3. The third kappa shape index (κ3) is 11.9. The van der Waals surface area contributed by atoms with Crippen molar-refractivity contribution in [2.45, 2.75) is 84.2 Å². The number of hydrogen-bond acceptors (Lipinski definition) is 3. The quantitative estimate of drug-likeness (QED) is 0.427. The van der Waals surface area contributed by atoms with Gasteiger partial charge in [0.15, 0.2) is 0 Å². The molecule has 0 spiro atoms. The molecule has 0 radical (unpaired) electrons. The third-order valence-corrected chi connectivity index (χ3v) is 3.21. The van der Waals surface area contributed by atoms with Crippen molar-refractivity contribution < 1.29 is 9.53 Å². The first-order valence-electron chi connectivity index (χ1n) is 7.60. The Kier molecular flexibility index (Phi) is 12.5. The molecule has 0 amide bonds. The zero-order valence-electron chi connectivity index (χ0n) is 12.2. The van der Waals surface area contributed by atoms with E-state index in [1.54, 1.807) is 0 Å². The van der Waals surface area contributed by atoms with Crippen molar-refractivity contribution in [3.05, 3.63) is 0 Å². The molecule has 0 bridgehead atoms. The van der Waals surface area contributed by atoms with Crippen LogP contribution in [0.2, 0.25) is 0 Å². The molecule has 3 nitrogen and oxygen atoms in total. The second-order valence-electron chi connectivity index (χ2n) is 5.12. The minimum Gasteiger partial charge on any atom is -0.462 e. The van der Waals surface area contributed by atoms with Crippen LogP contribution in [0.1, 0.15) is 78.1 Å². The van der Waals surface area contributed by atoms with Crippen molar-refractivity contribution in [1.82, 2.24) is 0 Å². The smallest absolute Gasteiger partial charge is 0.319 e. The van der Waals surface area contributed by atoms with E-state index in [9.17, 15) is 4.79 Å². The van der Waals surface area contributed by atoms with Gasteiger partial charge in [0.1, 0.15) is 0 Å². The highest BCUT2D eigenvalue weighted by Crippen LogP contribution is 2.12. The molecule has 0 aliphatic rings. The van der Waals surface area contributed by atoms with Crippen LogP contribution < -0.4 is 5.73 Å². The van der Waals surface area contributed by atoms with Crippen molar-refractivity contribution in [3.63, 3.8) is 0 Å². The Balaban J connectivity index is 3.17. The molecule has 0 heterocycles. The van der Waals surface area contributed by atoms with Crippen molar-refractivity contribution in [2.75, 3.05) is 6.54 Å². The molecule has 18 heavy (non-hydrogen) atoms. The van der Waals surface area contributed by atoms with Gasteiger partial charge in [-0.15, -0.1) is 0 Å². The van der Waals surface area contributed by atoms with Crippen LogP contribution in [-0.4, -0.2) is 18.6 Å². The van der Waals surface area contributed by atoms with Crippen LogP contribution in [0.25, 0.3) is 0 Å². The number of esters is 1. The van der Waals surface area contributed by atoms with Crippen LogP contribution in [0.4, 0.5) is 0 Å². The van der Waals surface area contributed by atoms with Gasteiger partial charge >= 0.3 is 5.97 Å². The molecule has 0 rings (SSSR count). The van der Waals surface area contributed by atoms with Crippen LogP contribution in [0.3, 0.4) is 0 Å². The number of hydrogen-bond donors (Lipinski definition) is 1. The van der Waals surface area contributed by atoms with Crippen LogP contribution >= 0.6 is 0 Å². The molecule has 1 atom stereocenters. The lowest BCUT2D eigenvalue weighted by molar-refractivity contribution is -0.146. The number of ether oxygens (including phenoxy) is 1. The summed E-state index contributed by atoms with van der Waals surface area (Å²) in [5, 5.41) is 0. The topological polar surface area (TPSA) is 52.3 Å². The number of carbonyl (C=O) groups excluding carboxylic acids is 1. The lowest BCUT2D eigenvalue weighted by Crippen LogP contribution is -2.22. The van der Waals surface area contributed by atoms with E-state index in [-0.39, 0.29) is 18.6 Å². The maximum atomic E-state index is 10.9. The van der Waals surface area contributed by atoms with Gasteiger partial charge in [0.25, 0.3) is 0 Å². The molecule has 0 aliphatic heterocycles. The largest absolute Gasteiger partial charge is 0.462 e. The van der Waals surface area contributed by atoms with Gasteiger partial charge in [0.05, 0.1) is 12.6 Å². The maximum Gasteiger partial charge on any atom is 0.319 e. The Labute approximate surface area is 112 Å². The van der Waals surface area contributed by atoms with E-state index in [1.165, 1.54) is 51.4 Å². The molecule has 0 aromatic heterocycles. The van der Waals surface area contributed by atoms with E-state index in [4.69, 9.17) is 10.5 Å². The number of carbonyl (C=O) groups is 1. The summed E-state index contributed by atoms with van der Waals surface area (Å²) in [5.74, 6) is -0.293. The number of unbranched alkanes of at least 4 members (excludes halogenated alkanes) is 8. The highest BCUT2D eigenvalue weighted by molar-refractivity contribution is 5.71. The first-order valence-corrected chi connectivity index (χ1v) is 7.60. The average Bonchev–Trinajstić information content (AvgIpc) is 2.36. The fraction of sp³-hybridized carbons (Fsp3) is 0.933. The van der Waals surface area contributed by atoms with E-state index in [1.807, 2.05) is 6.92 Å². The van der Waals surface area contributed by atoms with Crippen LogP contribution in [-0.2, 0) is 9.53 Å². The summed E-state index contributed by atoms with van der Waals surface area (Å²) in [6.07, 6.45) is 12.9. The first-order chi connectivity index (χ1) is 8.70. The summed E-state index contributed by atoms with van der Waals surface area (Å²) in [6, 6.07) is 0. The summed E-state index contributed by atoms with van der Waals surface area (Å²) in [4.78, 5) is 10.9. The number of rotatable bonds is 12. The zero-order chi connectivity index (χ0) is 13.6. The predicted octanol–water partition coefficient (Wildman–Crippen LogP) is 3.80. The van der Waals surface area contributed by atoms with E-state index >= 15 is 0 Å². The molecule has 0 aliphatic carbocycles. The lowest BCUT2D eigenvalue weighted by atomic mass is 10.1. The van der Waals surface area contributed by atoms with Gasteiger partial charge in [-0.05, 0) is 19.8 Å². The summed E-state index contributed by atoms with van der Waals surface area (Å²) in [6.45, 7) is 4.18. The third-order valence-electron chi connectivity index (χ3n) is 3.21. The van der Waals surface area contributed by atoms with Crippen molar-refractivity contribution in [2.24, 2.45) is 5.73 Å². The van der Waals surface area contributed by atoms with Crippen molar-refractivity contribution in [1.29, 1.82) is 0 Å². The molecular formula is C15H31NO2. The minimum absolute atomic E-state index is 0.0118. The lowest BCUT2D eigenvalue weighted by Gasteiger charge is -2.12. The zero-order valence-corrected chi connectivity index (χ0v) is 12.2. The van der Waals surface area contributed by atoms with Crippen molar-refractivity contribution in [3.8, 4) is 0 Å². The highest BCUT2D eigenvalue weighted by Gasteiger charge is 2.06. The molecule has 0 saturated carbocycles. The van der Waals surface area contributed by atoms with Gasteiger partial charge in [0, 0.05) is 0 Å². The second kappa shape index (κ2) is 12.9. The molecule has 108 valence electrons. The molecule has 0 aromatic carbocycles. The van der Waals surface area contributed by atoms with Gasteiger partial charge in [-0.25, -0.2) is 0 Å². The normalized spacial score (nSPS) is 12.4. The maximum absolute atomic E-state index is 10.9. The fourth-order valence-corrected chi connectivity index (χ4v) is 2.07. The minimum atomic E-state index is -0.293. The summed E-state index contributed by atoms with van der Waals surface area (Å²) in [5.41, 5.74) is 5.19. The summed E-state index contributed by atoms with van der Waals surface area (Å²) >= 11 is 0. The molecule has 1 unspecified atom stereocenters. The fourth-order valence-electron chi connectivity index (χ4n) is 2.07. The molecule has 0 fully saturated rings. The first kappa shape index (κ1) is 17.4. The Morgan fingerprint density at radius 1 is 1.00 bits per heavy atom. The van der Waals surface area contributed by atoms with E-state index in [0.717, 1.165) is 12.8 Å². The summed E-state index contributed by atoms with van der Waals surface area (Å²) < 4.78 is 5.11. The number of nitrogens with two attached hydrogens (primary N) is 1. The monoisotopic (exact) mass is 257 g/mol. The van der Waals surface area contributed by atoms with E-state index < -0.39 is 0 Å².